The molecule has 0 spiro atoms. The molecule has 0 aromatic heterocycles. The lowest BCUT2D eigenvalue weighted by molar-refractivity contribution is -0.117. The first-order valence-corrected chi connectivity index (χ1v) is 11.6. The molecule has 3 aromatic rings. The number of ether oxygens (including phenoxy) is 2. The van der Waals surface area contributed by atoms with E-state index in [9.17, 15) is 9.59 Å². The molecule has 0 radical (unpaired) electrons. The molecular weight excluding hydrogens is 578 g/mol. The van der Waals surface area contributed by atoms with E-state index >= 15 is 0 Å². The van der Waals surface area contributed by atoms with E-state index in [-0.39, 0.29) is 12.2 Å². The second kappa shape index (κ2) is 10.0. The number of carbonyl (C=O) groups excluding carboxylic acids is 2. The fourth-order valence-corrected chi connectivity index (χ4v) is 4.48. The molecule has 2 amide bonds. The van der Waals surface area contributed by atoms with Crippen LogP contribution in [0, 0.1) is 3.57 Å². The Labute approximate surface area is 214 Å². The number of carbonyl (C=O) groups is 2. The maximum Gasteiger partial charge on any atom is 0.282 e. The summed E-state index contributed by atoms with van der Waals surface area (Å²) in [4.78, 5) is 25.3. The zero-order chi connectivity index (χ0) is 23.5. The lowest BCUT2D eigenvalue weighted by Gasteiger charge is -2.15. The molecule has 0 saturated carbocycles. The number of para-hydroxylation sites is 1. The van der Waals surface area contributed by atoms with Crippen molar-refractivity contribution in [3.63, 3.8) is 0 Å². The van der Waals surface area contributed by atoms with Gasteiger partial charge in [0.15, 0.2) is 11.5 Å². The van der Waals surface area contributed by atoms with Crippen molar-refractivity contribution in [1.29, 1.82) is 0 Å². The topological polar surface area (TPSA) is 67.9 Å². The third-order valence-corrected chi connectivity index (χ3v) is 6.24. The number of nitrogens with zero attached hydrogens (tertiary/aromatic N) is 1. The number of hydrogen-bond donors (Lipinski definition) is 1. The summed E-state index contributed by atoms with van der Waals surface area (Å²) in [5, 5.41) is 2.28. The van der Waals surface area contributed by atoms with Crippen LogP contribution in [0.15, 0.2) is 66.2 Å². The molecule has 0 atom stereocenters. The summed E-state index contributed by atoms with van der Waals surface area (Å²) in [6, 6.07) is 17.6. The first-order valence-electron chi connectivity index (χ1n) is 9.74. The van der Waals surface area contributed by atoms with E-state index in [1.54, 1.807) is 54.6 Å². The van der Waals surface area contributed by atoms with Crippen LogP contribution in [0.25, 0.3) is 6.08 Å². The van der Waals surface area contributed by atoms with Crippen molar-refractivity contribution in [2.45, 2.75) is 6.61 Å². The standard InChI is InChI=1S/C24H17Cl2IN2O4/c1-32-21-11-14(9-18-23(30)28-29(24(18)31)17-5-3-2-4-6-17)10-20(27)22(21)33-13-15-7-8-16(25)12-19(15)26/h2-12H,13H2,1H3,(H,28,30)/b18-9+. The zero-order valence-electron chi connectivity index (χ0n) is 17.3. The lowest BCUT2D eigenvalue weighted by atomic mass is 10.1. The Balaban J connectivity index is 1.59. The lowest BCUT2D eigenvalue weighted by Crippen LogP contribution is -2.35. The molecule has 3 aromatic carbocycles. The minimum Gasteiger partial charge on any atom is -0.493 e. The second-order valence-corrected chi connectivity index (χ2v) is 9.04. The quantitative estimate of drug-likeness (QED) is 0.228. The molecule has 1 saturated heterocycles. The summed E-state index contributed by atoms with van der Waals surface area (Å²) in [7, 11) is 1.52. The molecule has 0 unspecified atom stereocenters. The molecule has 168 valence electrons. The first-order chi connectivity index (χ1) is 15.9. The molecule has 1 fully saturated rings. The van der Waals surface area contributed by atoms with E-state index in [0.29, 0.717) is 32.8 Å². The average Bonchev–Trinajstić information content (AvgIpc) is 3.08. The molecule has 1 N–H and O–H groups in total. The summed E-state index contributed by atoms with van der Waals surface area (Å²) in [5.74, 6) is 0.0809. The highest BCUT2D eigenvalue weighted by molar-refractivity contribution is 14.1. The summed E-state index contributed by atoms with van der Waals surface area (Å²) < 4.78 is 12.2. The van der Waals surface area contributed by atoms with Gasteiger partial charge in [0, 0.05) is 15.6 Å². The SMILES string of the molecule is COc1cc(/C=C2\C(=O)NN(c3ccccc3)C2=O)cc(I)c1OCc1ccc(Cl)cc1Cl. The van der Waals surface area contributed by atoms with Gasteiger partial charge in [-0.15, -0.1) is 0 Å². The Morgan fingerprint density at radius 3 is 2.52 bits per heavy atom. The van der Waals surface area contributed by atoms with Crippen LogP contribution < -0.4 is 19.9 Å². The number of methoxy groups -OCH3 is 1. The van der Waals surface area contributed by atoms with Crippen LogP contribution in [0.3, 0.4) is 0 Å². The molecular formula is C24H17Cl2IN2O4. The smallest absolute Gasteiger partial charge is 0.282 e. The molecule has 1 heterocycles. The third-order valence-electron chi connectivity index (χ3n) is 4.86. The Morgan fingerprint density at radius 1 is 1.06 bits per heavy atom. The van der Waals surface area contributed by atoms with Crippen molar-refractivity contribution < 1.29 is 19.1 Å². The Morgan fingerprint density at radius 2 is 1.82 bits per heavy atom. The fourth-order valence-electron chi connectivity index (χ4n) is 3.23. The van der Waals surface area contributed by atoms with Gasteiger partial charge in [-0.2, -0.15) is 0 Å². The van der Waals surface area contributed by atoms with Crippen molar-refractivity contribution in [3.8, 4) is 11.5 Å². The van der Waals surface area contributed by atoms with Gasteiger partial charge in [-0.1, -0.05) is 47.5 Å². The molecule has 4 rings (SSSR count). The number of benzene rings is 3. The molecule has 6 nitrogen and oxygen atoms in total. The van der Waals surface area contributed by atoms with Crippen LogP contribution in [0.2, 0.25) is 10.0 Å². The number of hydrogen-bond acceptors (Lipinski definition) is 4. The summed E-state index contributed by atoms with van der Waals surface area (Å²) in [5.41, 5.74) is 4.60. The normalized spacial score (nSPS) is 14.5. The zero-order valence-corrected chi connectivity index (χ0v) is 20.9. The van der Waals surface area contributed by atoms with Crippen LogP contribution in [0.5, 0.6) is 11.5 Å². The van der Waals surface area contributed by atoms with Gasteiger partial charge in [-0.25, -0.2) is 5.01 Å². The van der Waals surface area contributed by atoms with Crippen molar-refractivity contribution in [1.82, 2.24) is 5.43 Å². The minimum atomic E-state index is -0.476. The van der Waals surface area contributed by atoms with Crippen molar-refractivity contribution in [2.24, 2.45) is 0 Å². The number of halogens is 3. The van der Waals surface area contributed by atoms with Gasteiger partial charge in [0.25, 0.3) is 11.8 Å². The van der Waals surface area contributed by atoms with Gasteiger partial charge in [-0.05, 0) is 70.6 Å². The molecule has 33 heavy (non-hydrogen) atoms. The maximum atomic E-state index is 12.8. The van der Waals surface area contributed by atoms with Crippen LogP contribution >= 0.6 is 45.8 Å². The van der Waals surface area contributed by atoms with Crippen molar-refractivity contribution in [3.05, 3.63) is 91.0 Å². The number of rotatable bonds is 6. The molecule has 9 heteroatoms. The van der Waals surface area contributed by atoms with Gasteiger partial charge in [0.1, 0.15) is 12.2 Å². The number of anilines is 1. The third kappa shape index (κ3) is 5.10. The van der Waals surface area contributed by atoms with E-state index in [1.165, 1.54) is 18.2 Å². The highest BCUT2D eigenvalue weighted by Gasteiger charge is 2.34. The average molecular weight is 595 g/mol. The summed E-state index contributed by atoms with van der Waals surface area (Å²) in [6.07, 6.45) is 1.53. The Hall–Kier alpha value is -2.75. The Bertz CT molecular complexity index is 1260. The maximum absolute atomic E-state index is 12.8. The van der Waals surface area contributed by atoms with E-state index in [1.807, 2.05) is 6.07 Å². The molecule has 1 aliphatic rings. The highest BCUT2D eigenvalue weighted by Crippen LogP contribution is 2.36. The summed E-state index contributed by atoms with van der Waals surface area (Å²) >= 11 is 14.3. The van der Waals surface area contributed by atoms with Crippen molar-refractivity contribution >= 4 is 69.4 Å². The van der Waals surface area contributed by atoms with Gasteiger partial charge < -0.3 is 9.47 Å². The van der Waals surface area contributed by atoms with E-state index in [0.717, 1.165) is 9.13 Å². The second-order valence-electron chi connectivity index (χ2n) is 7.03. The number of amides is 2. The van der Waals surface area contributed by atoms with Gasteiger partial charge in [-0.3, -0.25) is 15.0 Å². The van der Waals surface area contributed by atoms with Crippen LogP contribution in [0.4, 0.5) is 5.69 Å². The van der Waals surface area contributed by atoms with Crippen LogP contribution in [-0.2, 0) is 16.2 Å². The van der Waals surface area contributed by atoms with Gasteiger partial charge >= 0.3 is 0 Å². The predicted molar refractivity (Wildman–Crippen MR) is 137 cm³/mol. The Kier molecular flexibility index (Phi) is 7.11. The molecule has 0 aliphatic carbocycles. The van der Waals surface area contributed by atoms with Crippen LogP contribution in [0.1, 0.15) is 11.1 Å². The van der Waals surface area contributed by atoms with Crippen LogP contribution in [-0.4, -0.2) is 18.9 Å². The van der Waals surface area contributed by atoms with E-state index in [4.69, 9.17) is 32.7 Å². The minimum absolute atomic E-state index is 0.0262. The monoisotopic (exact) mass is 594 g/mol. The predicted octanol–water partition coefficient (Wildman–Crippen LogP) is 5.65. The number of nitrogens with one attached hydrogen (secondary N) is 1. The highest BCUT2D eigenvalue weighted by atomic mass is 127. The fraction of sp³-hybridized carbons (Fsp3) is 0.0833. The first kappa shape index (κ1) is 23.4. The van der Waals surface area contributed by atoms with Gasteiger partial charge in [0.05, 0.1) is 16.4 Å². The summed E-state index contributed by atoms with van der Waals surface area (Å²) in [6.45, 7) is 0.218. The van der Waals surface area contributed by atoms with Crippen molar-refractivity contribution in [2.75, 3.05) is 12.1 Å². The van der Waals surface area contributed by atoms with E-state index in [2.05, 4.69) is 28.0 Å². The molecule has 1 aliphatic heterocycles. The van der Waals surface area contributed by atoms with E-state index < -0.39 is 11.8 Å². The molecule has 0 bridgehead atoms. The number of hydrazine groups is 1. The largest absolute Gasteiger partial charge is 0.493 e. The van der Waals surface area contributed by atoms with Gasteiger partial charge in [0.2, 0.25) is 0 Å².